The minimum absolute atomic E-state index is 0.143. The van der Waals surface area contributed by atoms with Crippen LogP contribution in [0, 0.1) is 16.2 Å². The molecule has 0 radical (unpaired) electrons. The fourth-order valence-corrected chi connectivity index (χ4v) is 6.41. The quantitative estimate of drug-likeness (QED) is 0.594. The minimum Gasteiger partial charge on any atom is -0.341 e. The number of para-hydroxylation sites is 1. The van der Waals surface area contributed by atoms with Gasteiger partial charge in [0.15, 0.2) is 0 Å². The number of benzene rings is 2. The first-order valence-electron chi connectivity index (χ1n) is 11.3. The van der Waals surface area contributed by atoms with Gasteiger partial charge in [0.2, 0.25) is 17.7 Å². The molecule has 2 aliphatic rings. The van der Waals surface area contributed by atoms with Gasteiger partial charge in [0.1, 0.15) is 0 Å². The number of nitrogens with zero attached hydrogens (tertiary/aromatic N) is 1. The highest BCUT2D eigenvalue weighted by atomic mass is 16.2. The Labute approximate surface area is 187 Å². The molecule has 0 spiro atoms. The molecule has 166 valence electrons. The van der Waals surface area contributed by atoms with Crippen molar-refractivity contribution in [2.45, 2.75) is 53.5 Å². The summed E-state index contributed by atoms with van der Waals surface area (Å²) in [5, 5.41) is 7.87. The Morgan fingerprint density at radius 3 is 2.22 bits per heavy atom. The zero-order valence-corrected chi connectivity index (χ0v) is 19.0. The molecule has 1 aliphatic heterocycles. The summed E-state index contributed by atoms with van der Waals surface area (Å²) in [7, 11) is 0. The van der Waals surface area contributed by atoms with Crippen LogP contribution in [0.3, 0.4) is 0 Å². The number of piperidine rings is 1. The number of rotatable bonds is 3. The fourth-order valence-electron chi connectivity index (χ4n) is 6.41. The number of hydrogen-bond donors (Lipinski definition) is 2. The van der Waals surface area contributed by atoms with Gasteiger partial charge in [-0.15, -0.1) is 0 Å². The van der Waals surface area contributed by atoms with Gasteiger partial charge < -0.3 is 9.88 Å². The van der Waals surface area contributed by atoms with Gasteiger partial charge in [-0.1, -0.05) is 39.0 Å². The van der Waals surface area contributed by atoms with Gasteiger partial charge in [0, 0.05) is 50.3 Å². The van der Waals surface area contributed by atoms with Crippen LogP contribution in [-0.4, -0.2) is 22.3 Å². The van der Waals surface area contributed by atoms with Gasteiger partial charge in [0.25, 0.3) is 0 Å². The third-order valence-corrected chi connectivity index (χ3v) is 7.56. The second-order valence-electron chi connectivity index (χ2n) is 10.4. The van der Waals surface area contributed by atoms with Gasteiger partial charge in [-0.2, -0.15) is 0 Å². The van der Waals surface area contributed by atoms with E-state index in [2.05, 4.69) is 34.3 Å². The molecule has 1 saturated heterocycles. The standard InChI is InChI=1S/C26H29N3O3/c1-5-29-19-9-7-6-8-17(19)18-12-16(10-11-20(18)29)27-21(30)24(2)13-25(3)15-26(4,14-24)23(32)28-22(25)31/h6-12H,5,13-15H2,1-4H3,(H,27,30)(H,28,31,32). The Hall–Kier alpha value is -3.15. The molecule has 2 unspecified atom stereocenters. The highest BCUT2D eigenvalue weighted by molar-refractivity contribution is 6.10. The summed E-state index contributed by atoms with van der Waals surface area (Å²) < 4.78 is 2.27. The number of hydrogen-bond acceptors (Lipinski definition) is 3. The van der Waals surface area contributed by atoms with Crippen molar-refractivity contribution in [3.05, 3.63) is 42.5 Å². The highest BCUT2D eigenvalue weighted by Gasteiger charge is 2.60. The van der Waals surface area contributed by atoms with Crippen molar-refractivity contribution in [2.24, 2.45) is 16.2 Å². The molecular formula is C26H29N3O3. The average molecular weight is 432 g/mol. The lowest BCUT2D eigenvalue weighted by atomic mass is 9.52. The number of carbonyl (C=O) groups is 3. The summed E-state index contributed by atoms with van der Waals surface area (Å²) in [4.78, 5) is 38.7. The fraction of sp³-hybridized carbons (Fsp3) is 0.423. The van der Waals surface area contributed by atoms with E-state index in [0.29, 0.717) is 19.3 Å². The minimum atomic E-state index is -0.818. The number of amides is 3. The lowest BCUT2D eigenvalue weighted by Gasteiger charge is -2.53. The summed E-state index contributed by atoms with van der Waals surface area (Å²) in [6, 6.07) is 14.3. The molecular weight excluding hydrogens is 402 g/mol. The SMILES string of the molecule is CCn1c2ccccc2c2cc(NC(=O)C3(C)CC4(C)CC(C)(C3)C(=O)NC4=O)ccc21. The molecule has 5 rings (SSSR count). The number of aryl methyl sites for hydroxylation is 1. The second-order valence-corrected chi connectivity index (χ2v) is 10.4. The Morgan fingerprint density at radius 2 is 1.56 bits per heavy atom. The first kappa shape index (κ1) is 20.7. The Bertz CT molecular complexity index is 1280. The van der Waals surface area contributed by atoms with Gasteiger partial charge in [-0.3, -0.25) is 19.7 Å². The predicted molar refractivity (Wildman–Crippen MR) is 125 cm³/mol. The topological polar surface area (TPSA) is 80.2 Å². The van der Waals surface area contributed by atoms with Gasteiger partial charge >= 0.3 is 0 Å². The maximum absolute atomic E-state index is 13.5. The van der Waals surface area contributed by atoms with Crippen molar-refractivity contribution in [1.82, 2.24) is 9.88 Å². The number of aromatic nitrogens is 1. The van der Waals surface area contributed by atoms with Crippen LogP contribution < -0.4 is 10.6 Å². The number of nitrogens with one attached hydrogen (secondary N) is 2. The third-order valence-electron chi connectivity index (χ3n) is 7.56. The van der Waals surface area contributed by atoms with Crippen molar-refractivity contribution in [3.63, 3.8) is 0 Å². The number of anilines is 1. The van der Waals surface area contributed by atoms with Crippen molar-refractivity contribution >= 4 is 45.2 Å². The molecule has 2 N–H and O–H groups in total. The average Bonchev–Trinajstić information content (AvgIpc) is 3.05. The number of carbonyl (C=O) groups excluding carboxylic acids is 3. The monoisotopic (exact) mass is 431 g/mol. The van der Waals surface area contributed by atoms with Gasteiger partial charge in [-0.05, 0) is 50.5 Å². The lowest BCUT2D eigenvalue weighted by molar-refractivity contribution is -0.163. The summed E-state index contributed by atoms with van der Waals surface area (Å²) >= 11 is 0. The number of fused-ring (bicyclic) bond motifs is 5. The molecule has 6 heteroatoms. The van der Waals surface area contributed by atoms with Crippen LogP contribution in [0.2, 0.25) is 0 Å². The van der Waals surface area contributed by atoms with E-state index < -0.39 is 16.2 Å². The van der Waals surface area contributed by atoms with Gasteiger partial charge in [0.05, 0.1) is 0 Å². The van der Waals surface area contributed by atoms with Crippen LogP contribution >= 0.6 is 0 Å². The zero-order valence-electron chi connectivity index (χ0n) is 19.0. The molecule has 1 aliphatic carbocycles. The van der Waals surface area contributed by atoms with Crippen molar-refractivity contribution in [2.75, 3.05) is 5.32 Å². The highest BCUT2D eigenvalue weighted by Crippen LogP contribution is 2.56. The number of imide groups is 1. The molecule has 3 amide bonds. The molecule has 6 nitrogen and oxygen atoms in total. The van der Waals surface area contributed by atoms with E-state index in [1.54, 1.807) is 0 Å². The molecule has 1 aromatic heterocycles. The Morgan fingerprint density at radius 1 is 0.938 bits per heavy atom. The van der Waals surface area contributed by atoms with Crippen molar-refractivity contribution in [3.8, 4) is 0 Å². The maximum Gasteiger partial charge on any atom is 0.232 e. The van der Waals surface area contributed by atoms with Gasteiger partial charge in [-0.25, -0.2) is 0 Å². The van der Waals surface area contributed by atoms with E-state index in [-0.39, 0.29) is 17.7 Å². The van der Waals surface area contributed by atoms with Crippen LogP contribution in [0.1, 0.15) is 47.0 Å². The van der Waals surface area contributed by atoms with E-state index in [1.165, 1.54) is 5.52 Å². The Balaban J connectivity index is 1.50. The second kappa shape index (κ2) is 6.67. The molecule has 2 fully saturated rings. The first-order valence-corrected chi connectivity index (χ1v) is 11.3. The van der Waals surface area contributed by atoms with Crippen molar-refractivity contribution < 1.29 is 14.4 Å². The largest absolute Gasteiger partial charge is 0.341 e. The molecule has 2 heterocycles. The third kappa shape index (κ3) is 2.89. The Kier molecular flexibility index (Phi) is 4.32. The molecule has 32 heavy (non-hydrogen) atoms. The summed E-state index contributed by atoms with van der Waals surface area (Å²) in [5.41, 5.74) is 0.751. The van der Waals surface area contributed by atoms with E-state index >= 15 is 0 Å². The first-order chi connectivity index (χ1) is 15.1. The summed E-state index contributed by atoms with van der Waals surface area (Å²) in [6.07, 6.45) is 1.31. The summed E-state index contributed by atoms with van der Waals surface area (Å²) in [5.74, 6) is -0.685. The van der Waals surface area contributed by atoms with Crippen LogP contribution in [-0.2, 0) is 20.9 Å². The maximum atomic E-state index is 13.5. The molecule has 3 aromatic rings. The van der Waals surface area contributed by atoms with E-state index in [1.807, 2.05) is 51.1 Å². The van der Waals surface area contributed by atoms with E-state index in [9.17, 15) is 14.4 Å². The molecule has 1 saturated carbocycles. The molecule has 2 bridgehead atoms. The summed E-state index contributed by atoms with van der Waals surface area (Å²) in [6.45, 7) is 8.60. The van der Waals surface area contributed by atoms with Crippen LogP contribution in [0.25, 0.3) is 21.8 Å². The van der Waals surface area contributed by atoms with Crippen LogP contribution in [0.15, 0.2) is 42.5 Å². The molecule has 2 atom stereocenters. The zero-order chi connectivity index (χ0) is 22.9. The lowest BCUT2D eigenvalue weighted by Crippen LogP contribution is -2.63. The van der Waals surface area contributed by atoms with Crippen LogP contribution in [0.4, 0.5) is 5.69 Å². The van der Waals surface area contributed by atoms with E-state index in [4.69, 9.17) is 0 Å². The van der Waals surface area contributed by atoms with E-state index in [0.717, 1.165) is 28.5 Å². The predicted octanol–water partition coefficient (Wildman–Crippen LogP) is 4.61. The normalized spacial score (nSPS) is 29.9. The molecule has 2 aromatic carbocycles. The van der Waals surface area contributed by atoms with Crippen molar-refractivity contribution in [1.29, 1.82) is 0 Å². The smallest absolute Gasteiger partial charge is 0.232 e. The van der Waals surface area contributed by atoms with Crippen LogP contribution in [0.5, 0.6) is 0 Å².